The number of fused-ring (bicyclic) bond motifs is 1. The van der Waals surface area contributed by atoms with Crippen LogP contribution in [0.3, 0.4) is 0 Å². The molecule has 0 aliphatic heterocycles. The number of hydrogen-bond donors (Lipinski definition) is 0. The van der Waals surface area contributed by atoms with Crippen molar-refractivity contribution in [3.63, 3.8) is 0 Å². The van der Waals surface area contributed by atoms with Crippen LogP contribution in [0, 0.1) is 0 Å². The first-order valence-corrected chi connectivity index (χ1v) is 8.50. The summed E-state index contributed by atoms with van der Waals surface area (Å²) >= 11 is 18.2. The average Bonchev–Trinajstić information content (AvgIpc) is 3.08. The number of aromatic nitrogens is 2. The number of benzene rings is 1. The number of halogens is 3. The predicted octanol–water partition coefficient (Wildman–Crippen LogP) is 5.04. The van der Waals surface area contributed by atoms with Crippen LogP contribution in [-0.4, -0.2) is 22.3 Å². The van der Waals surface area contributed by atoms with E-state index in [4.69, 9.17) is 39.5 Å². The number of rotatable bonds is 5. The molecule has 0 bridgehead atoms. The minimum absolute atomic E-state index is 0.355. The fourth-order valence-corrected chi connectivity index (χ4v) is 3.41. The Morgan fingerprint density at radius 3 is 2.62 bits per heavy atom. The van der Waals surface area contributed by atoms with Gasteiger partial charge in [-0.2, -0.15) is 0 Å². The molecular weight excluding hydrogens is 331 g/mol. The van der Waals surface area contributed by atoms with E-state index in [1.54, 1.807) is 6.07 Å². The zero-order valence-corrected chi connectivity index (χ0v) is 13.9. The van der Waals surface area contributed by atoms with Crippen molar-refractivity contribution in [2.24, 2.45) is 0 Å². The van der Waals surface area contributed by atoms with Crippen LogP contribution in [0.2, 0.25) is 10.0 Å². The molecule has 0 unspecified atom stereocenters. The van der Waals surface area contributed by atoms with Gasteiger partial charge in [0, 0.05) is 6.54 Å². The van der Waals surface area contributed by atoms with Crippen molar-refractivity contribution in [3.05, 3.63) is 28.0 Å². The summed E-state index contributed by atoms with van der Waals surface area (Å²) in [6.45, 7) is 1.40. The van der Waals surface area contributed by atoms with Gasteiger partial charge < -0.3 is 9.30 Å². The van der Waals surface area contributed by atoms with Gasteiger partial charge in [0.25, 0.3) is 0 Å². The van der Waals surface area contributed by atoms with Crippen LogP contribution in [0.15, 0.2) is 12.1 Å². The Kier molecular flexibility index (Phi) is 4.95. The van der Waals surface area contributed by atoms with E-state index in [9.17, 15) is 0 Å². The molecule has 1 heterocycles. The van der Waals surface area contributed by atoms with Gasteiger partial charge in [-0.25, -0.2) is 4.98 Å². The molecule has 0 radical (unpaired) electrons. The molecule has 3 rings (SSSR count). The summed E-state index contributed by atoms with van der Waals surface area (Å²) in [6, 6.07) is 3.63. The molecule has 0 N–H and O–H groups in total. The van der Waals surface area contributed by atoms with Crippen LogP contribution in [0.5, 0.6) is 0 Å². The maximum atomic E-state index is 6.11. The first-order chi connectivity index (χ1) is 10.2. The van der Waals surface area contributed by atoms with E-state index in [0.717, 1.165) is 23.4 Å². The summed E-state index contributed by atoms with van der Waals surface area (Å²) in [4.78, 5) is 4.52. The zero-order chi connectivity index (χ0) is 14.8. The highest BCUT2D eigenvalue weighted by Crippen LogP contribution is 2.29. The molecule has 6 heteroatoms. The molecule has 21 heavy (non-hydrogen) atoms. The van der Waals surface area contributed by atoms with E-state index in [1.165, 1.54) is 25.7 Å². The molecule has 1 aliphatic rings. The molecule has 3 nitrogen and oxygen atoms in total. The van der Waals surface area contributed by atoms with Gasteiger partial charge in [-0.15, -0.1) is 11.6 Å². The first-order valence-electron chi connectivity index (χ1n) is 7.21. The van der Waals surface area contributed by atoms with Crippen LogP contribution in [0.1, 0.15) is 31.5 Å². The lowest BCUT2D eigenvalue weighted by Crippen LogP contribution is -2.14. The molecular formula is C15H17Cl3N2O. The van der Waals surface area contributed by atoms with Gasteiger partial charge in [0.15, 0.2) is 0 Å². The van der Waals surface area contributed by atoms with Gasteiger partial charge >= 0.3 is 0 Å². The molecule has 1 saturated carbocycles. The lowest BCUT2D eigenvalue weighted by molar-refractivity contribution is 0.0532. The Hall–Kier alpha value is -0.480. The van der Waals surface area contributed by atoms with Crippen LogP contribution < -0.4 is 0 Å². The van der Waals surface area contributed by atoms with Crippen LogP contribution in [0.4, 0.5) is 0 Å². The maximum absolute atomic E-state index is 6.11. The smallest absolute Gasteiger partial charge is 0.124 e. The second-order valence-electron chi connectivity index (χ2n) is 5.35. The van der Waals surface area contributed by atoms with Crippen molar-refractivity contribution in [3.8, 4) is 0 Å². The molecule has 0 saturated heterocycles. The SMILES string of the molecule is ClCc1nc2cc(Cl)c(Cl)cc2n1CCOC1CCCC1. The summed E-state index contributed by atoms with van der Waals surface area (Å²) in [6.07, 6.45) is 5.32. The van der Waals surface area contributed by atoms with Crippen LogP contribution in [-0.2, 0) is 17.2 Å². The molecule has 1 aromatic carbocycles. The van der Waals surface area contributed by atoms with Gasteiger partial charge in [-0.05, 0) is 25.0 Å². The quantitative estimate of drug-likeness (QED) is 0.708. The minimum Gasteiger partial charge on any atom is -0.376 e. The Bertz CT molecular complexity index is 635. The Morgan fingerprint density at radius 1 is 1.19 bits per heavy atom. The fourth-order valence-electron chi connectivity index (χ4n) is 2.89. The molecule has 0 atom stereocenters. The third-order valence-corrected chi connectivity index (χ3v) is 4.92. The number of ether oxygens (including phenoxy) is 1. The summed E-state index contributed by atoms with van der Waals surface area (Å²) < 4.78 is 8.00. The normalized spacial score (nSPS) is 16.1. The molecule has 1 fully saturated rings. The van der Waals surface area contributed by atoms with Crippen LogP contribution in [0.25, 0.3) is 11.0 Å². The molecule has 1 aliphatic carbocycles. The third-order valence-electron chi connectivity index (χ3n) is 3.96. The van der Waals surface area contributed by atoms with Crippen molar-refractivity contribution in [1.29, 1.82) is 0 Å². The van der Waals surface area contributed by atoms with E-state index in [-0.39, 0.29) is 0 Å². The highest BCUT2D eigenvalue weighted by atomic mass is 35.5. The van der Waals surface area contributed by atoms with Gasteiger partial charge in [-0.1, -0.05) is 36.0 Å². The molecule has 114 valence electrons. The molecule has 0 amide bonds. The monoisotopic (exact) mass is 346 g/mol. The summed E-state index contributed by atoms with van der Waals surface area (Å²) in [7, 11) is 0. The lowest BCUT2D eigenvalue weighted by Gasteiger charge is -2.13. The van der Waals surface area contributed by atoms with Gasteiger partial charge in [0.2, 0.25) is 0 Å². The standard InChI is InChI=1S/C15H17Cl3N2O/c16-9-15-19-13-7-11(17)12(18)8-14(13)20(15)5-6-21-10-3-1-2-4-10/h7-8,10H,1-6,9H2. The number of hydrogen-bond acceptors (Lipinski definition) is 2. The summed E-state index contributed by atoms with van der Waals surface area (Å²) in [5.74, 6) is 1.17. The minimum atomic E-state index is 0.355. The number of nitrogens with zero attached hydrogens (tertiary/aromatic N) is 2. The van der Waals surface area contributed by atoms with E-state index >= 15 is 0 Å². The van der Waals surface area contributed by atoms with Gasteiger partial charge in [0.1, 0.15) is 5.82 Å². The Morgan fingerprint density at radius 2 is 1.90 bits per heavy atom. The molecule has 2 aromatic rings. The largest absolute Gasteiger partial charge is 0.376 e. The fraction of sp³-hybridized carbons (Fsp3) is 0.533. The average molecular weight is 348 g/mol. The Balaban J connectivity index is 1.80. The molecule has 1 aromatic heterocycles. The maximum Gasteiger partial charge on any atom is 0.124 e. The lowest BCUT2D eigenvalue weighted by atomic mass is 10.3. The van der Waals surface area contributed by atoms with Crippen molar-refractivity contribution in [1.82, 2.24) is 9.55 Å². The Labute approximate surface area is 139 Å². The van der Waals surface area contributed by atoms with Crippen molar-refractivity contribution in [2.45, 2.75) is 44.2 Å². The van der Waals surface area contributed by atoms with Crippen molar-refractivity contribution < 1.29 is 4.74 Å². The van der Waals surface area contributed by atoms with E-state index in [2.05, 4.69) is 9.55 Å². The number of alkyl halides is 1. The summed E-state index contributed by atoms with van der Waals surface area (Å²) in [5, 5.41) is 1.04. The topological polar surface area (TPSA) is 27.1 Å². The van der Waals surface area contributed by atoms with Crippen molar-refractivity contribution in [2.75, 3.05) is 6.61 Å². The summed E-state index contributed by atoms with van der Waals surface area (Å²) in [5.41, 5.74) is 1.77. The van der Waals surface area contributed by atoms with Gasteiger partial charge in [-0.3, -0.25) is 0 Å². The highest BCUT2D eigenvalue weighted by molar-refractivity contribution is 6.42. The molecule has 0 spiro atoms. The van der Waals surface area contributed by atoms with Gasteiger partial charge in [0.05, 0.1) is 39.7 Å². The zero-order valence-electron chi connectivity index (χ0n) is 11.6. The van der Waals surface area contributed by atoms with Crippen LogP contribution >= 0.6 is 34.8 Å². The number of imidazole rings is 1. The third kappa shape index (κ3) is 3.31. The highest BCUT2D eigenvalue weighted by Gasteiger charge is 2.16. The second kappa shape index (κ2) is 6.74. The van der Waals surface area contributed by atoms with E-state index in [1.807, 2.05) is 6.07 Å². The first kappa shape index (κ1) is 15.4. The van der Waals surface area contributed by atoms with Crippen molar-refractivity contribution >= 4 is 45.8 Å². The predicted molar refractivity (Wildman–Crippen MR) is 87.5 cm³/mol. The van der Waals surface area contributed by atoms with E-state index < -0.39 is 0 Å². The second-order valence-corrected chi connectivity index (χ2v) is 6.43. The van der Waals surface area contributed by atoms with E-state index in [0.29, 0.717) is 28.6 Å².